The van der Waals surface area contributed by atoms with E-state index in [1.165, 1.54) is 33.4 Å². The average molecular weight is 528 g/mol. The van der Waals surface area contributed by atoms with Crippen LogP contribution < -0.4 is 0 Å². The summed E-state index contributed by atoms with van der Waals surface area (Å²) in [6, 6.07) is 36.1. The van der Waals surface area contributed by atoms with Gasteiger partial charge in [-0.2, -0.15) is 0 Å². The second-order valence-electron chi connectivity index (χ2n) is 10.3. The summed E-state index contributed by atoms with van der Waals surface area (Å²) in [5.74, 6) is 0.642. The van der Waals surface area contributed by atoms with Gasteiger partial charge in [0.05, 0.1) is 5.52 Å². The van der Waals surface area contributed by atoms with E-state index in [2.05, 4.69) is 104 Å². The molecule has 3 heterocycles. The van der Waals surface area contributed by atoms with E-state index in [1.54, 1.807) is 12.4 Å². The van der Waals surface area contributed by atoms with E-state index < -0.39 is 0 Å². The summed E-state index contributed by atoms with van der Waals surface area (Å²) in [6.45, 7) is 0. The highest BCUT2D eigenvalue weighted by molar-refractivity contribution is 5.93. The molecular formula is C36H25N5. The van der Waals surface area contributed by atoms with Gasteiger partial charge in [-0.05, 0) is 42.2 Å². The molecule has 0 radical (unpaired) electrons. The Morgan fingerprint density at radius 1 is 0.610 bits per heavy atom. The second-order valence-corrected chi connectivity index (χ2v) is 10.3. The Balaban J connectivity index is 1.16. The highest BCUT2D eigenvalue weighted by Crippen LogP contribution is 2.35. The van der Waals surface area contributed by atoms with E-state index in [0.717, 1.165) is 35.2 Å². The van der Waals surface area contributed by atoms with Crippen LogP contribution in [0.15, 0.2) is 122 Å². The summed E-state index contributed by atoms with van der Waals surface area (Å²) < 4.78 is 2.42. The lowest BCUT2D eigenvalue weighted by molar-refractivity contribution is 0.888. The molecule has 0 N–H and O–H groups in total. The summed E-state index contributed by atoms with van der Waals surface area (Å²) in [5.41, 5.74) is 11.5. The van der Waals surface area contributed by atoms with Crippen LogP contribution in [-0.4, -0.2) is 24.5 Å². The molecular weight excluding hydrogens is 502 g/mol. The first-order valence-electron chi connectivity index (χ1n) is 13.9. The molecule has 0 fully saturated rings. The van der Waals surface area contributed by atoms with Gasteiger partial charge in [0.25, 0.3) is 0 Å². The number of allylic oxidation sites excluding steroid dienone is 1. The van der Waals surface area contributed by atoms with Crippen LogP contribution in [0, 0.1) is 0 Å². The minimum atomic E-state index is 0.589. The van der Waals surface area contributed by atoms with Crippen LogP contribution >= 0.6 is 0 Å². The molecule has 0 amide bonds. The lowest BCUT2D eigenvalue weighted by Crippen LogP contribution is -2.02. The topological polar surface area (TPSA) is 56.5 Å². The molecule has 0 atom stereocenters. The molecule has 41 heavy (non-hydrogen) atoms. The zero-order valence-corrected chi connectivity index (χ0v) is 22.3. The van der Waals surface area contributed by atoms with Crippen molar-refractivity contribution in [2.45, 2.75) is 12.8 Å². The van der Waals surface area contributed by atoms with Crippen LogP contribution in [0.4, 0.5) is 0 Å². The van der Waals surface area contributed by atoms with E-state index in [9.17, 15) is 0 Å². The molecule has 0 bridgehead atoms. The van der Waals surface area contributed by atoms with Crippen molar-refractivity contribution >= 4 is 28.1 Å². The summed E-state index contributed by atoms with van der Waals surface area (Å²) >= 11 is 0. The molecule has 8 rings (SSSR count). The summed E-state index contributed by atoms with van der Waals surface area (Å²) in [7, 11) is 0. The molecule has 5 heteroatoms. The third-order valence-electron chi connectivity index (χ3n) is 7.83. The number of nitrogens with zero attached hydrogens (tertiary/aromatic N) is 5. The lowest BCUT2D eigenvalue weighted by atomic mass is 10.0. The first-order valence-corrected chi connectivity index (χ1v) is 13.9. The number of hydrogen-bond donors (Lipinski definition) is 0. The molecule has 0 saturated carbocycles. The smallest absolute Gasteiger partial charge is 0.182 e. The van der Waals surface area contributed by atoms with Gasteiger partial charge in [0.2, 0.25) is 0 Å². The standard InChI is InChI=1S/C36H25N5/c1-2-8-27(9-3-1)35-39-33(34-36(40-35)38-23-22-37-34)26-16-14-24(15-17-26)25-18-20-28(21-19-25)41-31-12-6-4-10-29(31)30-11-5-7-13-32(30)41/h1-6,8-12,14-23H,7,13H2. The van der Waals surface area contributed by atoms with Crippen molar-refractivity contribution in [2.75, 3.05) is 0 Å². The summed E-state index contributed by atoms with van der Waals surface area (Å²) in [6.07, 6.45) is 10.1. The van der Waals surface area contributed by atoms with Gasteiger partial charge in [-0.25, -0.2) is 19.9 Å². The van der Waals surface area contributed by atoms with Crippen molar-refractivity contribution in [3.05, 3.63) is 133 Å². The molecule has 3 aromatic heterocycles. The summed E-state index contributed by atoms with van der Waals surface area (Å²) in [4.78, 5) is 18.6. The van der Waals surface area contributed by atoms with Crippen LogP contribution in [0.3, 0.4) is 0 Å². The number of fused-ring (bicyclic) bond motifs is 4. The second kappa shape index (κ2) is 9.65. The number of benzene rings is 4. The molecule has 0 unspecified atom stereocenters. The average Bonchev–Trinajstić information content (AvgIpc) is 3.39. The highest BCUT2D eigenvalue weighted by Gasteiger charge is 2.18. The summed E-state index contributed by atoms with van der Waals surface area (Å²) in [5, 5.41) is 1.32. The SMILES string of the molecule is C1=Cc2c(n(-c3ccc(-c4ccc(-c5nc(-c6ccccc6)nc6nccnc56)cc4)cc3)c3ccccc23)CC1. The maximum Gasteiger partial charge on any atom is 0.182 e. The molecule has 0 saturated heterocycles. The number of rotatable bonds is 4. The van der Waals surface area contributed by atoms with Gasteiger partial charge in [0.15, 0.2) is 11.5 Å². The fourth-order valence-electron chi connectivity index (χ4n) is 5.87. The lowest BCUT2D eigenvalue weighted by Gasteiger charge is -2.14. The molecule has 4 aromatic carbocycles. The quantitative estimate of drug-likeness (QED) is 0.231. The number of aromatic nitrogens is 5. The fraction of sp³-hybridized carbons (Fsp3) is 0.0556. The minimum Gasteiger partial charge on any atom is -0.313 e. The molecule has 0 aliphatic heterocycles. The van der Waals surface area contributed by atoms with Crippen LogP contribution in [-0.2, 0) is 6.42 Å². The Morgan fingerprint density at radius 2 is 1.32 bits per heavy atom. The van der Waals surface area contributed by atoms with Crippen molar-refractivity contribution in [1.82, 2.24) is 24.5 Å². The largest absolute Gasteiger partial charge is 0.313 e. The van der Waals surface area contributed by atoms with Crippen molar-refractivity contribution < 1.29 is 0 Å². The van der Waals surface area contributed by atoms with Crippen LogP contribution in [0.1, 0.15) is 17.7 Å². The number of hydrogen-bond acceptors (Lipinski definition) is 4. The van der Waals surface area contributed by atoms with E-state index in [1.807, 2.05) is 30.3 Å². The molecule has 194 valence electrons. The Kier molecular flexibility index (Phi) is 5.52. The zero-order valence-electron chi connectivity index (χ0n) is 22.3. The Bertz CT molecular complexity index is 2070. The van der Waals surface area contributed by atoms with E-state index >= 15 is 0 Å². The predicted octanol–water partition coefficient (Wildman–Crippen LogP) is 8.32. The first-order chi connectivity index (χ1) is 20.3. The molecule has 7 aromatic rings. The molecule has 0 spiro atoms. The normalized spacial score (nSPS) is 12.6. The van der Waals surface area contributed by atoms with Gasteiger partial charge in [-0.15, -0.1) is 0 Å². The van der Waals surface area contributed by atoms with Crippen molar-refractivity contribution in [1.29, 1.82) is 0 Å². The Labute approximate surface area is 237 Å². The third kappa shape index (κ3) is 4.02. The third-order valence-corrected chi connectivity index (χ3v) is 7.83. The molecule has 1 aliphatic carbocycles. The van der Waals surface area contributed by atoms with Crippen molar-refractivity contribution in [2.24, 2.45) is 0 Å². The zero-order chi connectivity index (χ0) is 27.2. The minimum absolute atomic E-state index is 0.589. The maximum absolute atomic E-state index is 4.92. The molecule has 1 aliphatic rings. The van der Waals surface area contributed by atoms with Gasteiger partial charge >= 0.3 is 0 Å². The van der Waals surface area contributed by atoms with Crippen molar-refractivity contribution in [3.8, 4) is 39.5 Å². The molecule has 5 nitrogen and oxygen atoms in total. The number of para-hydroxylation sites is 1. The van der Waals surface area contributed by atoms with Crippen LogP contribution in [0.5, 0.6) is 0 Å². The fourth-order valence-corrected chi connectivity index (χ4v) is 5.87. The van der Waals surface area contributed by atoms with Gasteiger partial charge < -0.3 is 4.57 Å². The van der Waals surface area contributed by atoms with Gasteiger partial charge in [0.1, 0.15) is 11.2 Å². The highest BCUT2D eigenvalue weighted by atomic mass is 15.0. The van der Waals surface area contributed by atoms with Crippen LogP contribution in [0.25, 0.3) is 67.6 Å². The van der Waals surface area contributed by atoms with E-state index in [0.29, 0.717) is 17.0 Å². The van der Waals surface area contributed by atoms with Crippen molar-refractivity contribution in [3.63, 3.8) is 0 Å². The Hall–Kier alpha value is -5.42. The Morgan fingerprint density at radius 3 is 2.15 bits per heavy atom. The van der Waals surface area contributed by atoms with Crippen LogP contribution in [0.2, 0.25) is 0 Å². The van der Waals surface area contributed by atoms with Gasteiger partial charge in [-0.3, -0.25) is 0 Å². The van der Waals surface area contributed by atoms with Gasteiger partial charge in [-0.1, -0.05) is 97.1 Å². The van der Waals surface area contributed by atoms with Gasteiger partial charge in [0, 0.05) is 45.9 Å². The monoisotopic (exact) mass is 527 g/mol. The predicted molar refractivity (Wildman–Crippen MR) is 166 cm³/mol. The van der Waals surface area contributed by atoms with E-state index in [4.69, 9.17) is 4.98 Å². The first kappa shape index (κ1) is 23.5. The maximum atomic E-state index is 4.92. The van der Waals surface area contributed by atoms with E-state index in [-0.39, 0.29) is 0 Å².